The summed E-state index contributed by atoms with van der Waals surface area (Å²) in [5.74, 6) is 0. The van der Waals surface area contributed by atoms with Gasteiger partial charge in [0.1, 0.15) is 0 Å². The summed E-state index contributed by atoms with van der Waals surface area (Å²) in [5, 5.41) is 0. The molecule has 0 N–H and O–H groups in total. The quantitative estimate of drug-likeness (QED) is 0.635. The molecule has 1 aromatic rings. The zero-order valence-electron chi connectivity index (χ0n) is 10.0. The van der Waals surface area contributed by atoms with E-state index in [1.165, 1.54) is 43.6 Å². The molecular weight excluding hydrogens is 184 g/mol. The SMILES string of the molecule is CC(C)(C)c1ncn2c1CC1(CC2)CC1. The van der Waals surface area contributed by atoms with Gasteiger partial charge in [-0.3, -0.25) is 0 Å². The fourth-order valence-corrected chi connectivity index (χ4v) is 2.82. The fraction of sp³-hybridized carbons (Fsp3) is 0.769. The summed E-state index contributed by atoms with van der Waals surface area (Å²) in [6.07, 6.45) is 7.59. The molecule has 2 heterocycles. The summed E-state index contributed by atoms with van der Waals surface area (Å²) in [6.45, 7) is 8.00. The van der Waals surface area contributed by atoms with Crippen molar-refractivity contribution in [1.82, 2.24) is 9.55 Å². The molecular formula is C13H20N2. The van der Waals surface area contributed by atoms with Crippen molar-refractivity contribution in [3.63, 3.8) is 0 Å². The number of imidazole rings is 1. The van der Waals surface area contributed by atoms with E-state index in [0.29, 0.717) is 5.41 Å². The van der Waals surface area contributed by atoms with E-state index in [9.17, 15) is 0 Å². The van der Waals surface area contributed by atoms with Gasteiger partial charge in [-0.05, 0) is 31.1 Å². The predicted octanol–water partition coefficient (Wildman–Crippen LogP) is 2.91. The maximum atomic E-state index is 4.63. The van der Waals surface area contributed by atoms with Crippen LogP contribution in [0.1, 0.15) is 51.4 Å². The molecule has 0 amide bonds. The molecule has 0 bridgehead atoms. The van der Waals surface area contributed by atoms with Crippen molar-refractivity contribution < 1.29 is 0 Å². The van der Waals surface area contributed by atoms with Gasteiger partial charge in [0.2, 0.25) is 0 Å². The van der Waals surface area contributed by atoms with Crippen LogP contribution in [-0.2, 0) is 18.4 Å². The number of rotatable bonds is 0. The molecule has 1 aliphatic heterocycles. The molecule has 1 fully saturated rings. The molecule has 1 spiro atoms. The van der Waals surface area contributed by atoms with Crippen molar-refractivity contribution in [2.45, 2.75) is 58.4 Å². The average molecular weight is 204 g/mol. The largest absolute Gasteiger partial charge is 0.334 e. The van der Waals surface area contributed by atoms with Crippen LogP contribution in [0.25, 0.3) is 0 Å². The Balaban J connectivity index is 2.02. The lowest BCUT2D eigenvalue weighted by Crippen LogP contribution is -2.23. The Morgan fingerprint density at radius 2 is 2.00 bits per heavy atom. The van der Waals surface area contributed by atoms with Crippen LogP contribution in [0.15, 0.2) is 6.33 Å². The third kappa shape index (κ3) is 1.42. The Kier molecular flexibility index (Phi) is 1.67. The van der Waals surface area contributed by atoms with Gasteiger partial charge in [-0.1, -0.05) is 20.8 Å². The summed E-state index contributed by atoms with van der Waals surface area (Å²) in [7, 11) is 0. The van der Waals surface area contributed by atoms with Crippen LogP contribution in [0.4, 0.5) is 0 Å². The molecule has 3 rings (SSSR count). The summed E-state index contributed by atoms with van der Waals surface area (Å²) in [4.78, 5) is 4.63. The van der Waals surface area contributed by atoms with Crippen molar-refractivity contribution in [2.24, 2.45) is 5.41 Å². The number of aromatic nitrogens is 2. The molecule has 0 atom stereocenters. The van der Waals surface area contributed by atoms with Crippen LogP contribution in [-0.4, -0.2) is 9.55 Å². The number of fused-ring (bicyclic) bond motifs is 1. The number of aryl methyl sites for hydroxylation is 1. The first kappa shape index (κ1) is 9.44. The van der Waals surface area contributed by atoms with Crippen LogP contribution in [0, 0.1) is 5.41 Å². The lowest BCUT2D eigenvalue weighted by atomic mass is 9.85. The number of hydrogen-bond acceptors (Lipinski definition) is 1. The van der Waals surface area contributed by atoms with Crippen molar-refractivity contribution in [3.8, 4) is 0 Å². The predicted molar refractivity (Wildman–Crippen MR) is 60.9 cm³/mol. The van der Waals surface area contributed by atoms with E-state index in [2.05, 4.69) is 30.3 Å². The number of hydrogen-bond donors (Lipinski definition) is 0. The highest BCUT2D eigenvalue weighted by Gasteiger charge is 2.46. The monoisotopic (exact) mass is 204 g/mol. The van der Waals surface area contributed by atoms with Crippen molar-refractivity contribution >= 4 is 0 Å². The van der Waals surface area contributed by atoms with E-state index in [1.54, 1.807) is 0 Å². The molecule has 2 nitrogen and oxygen atoms in total. The minimum atomic E-state index is 0.202. The maximum Gasteiger partial charge on any atom is 0.0951 e. The first-order valence-corrected chi connectivity index (χ1v) is 6.05. The Hall–Kier alpha value is -0.790. The van der Waals surface area contributed by atoms with E-state index in [4.69, 9.17) is 0 Å². The zero-order chi connectivity index (χ0) is 10.7. The Labute approximate surface area is 91.7 Å². The molecule has 0 unspecified atom stereocenters. The third-order valence-corrected chi connectivity index (χ3v) is 4.04. The van der Waals surface area contributed by atoms with Gasteiger partial charge >= 0.3 is 0 Å². The topological polar surface area (TPSA) is 17.8 Å². The van der Waals surface area contributed by atoms with Gasteiger partial charge in [0, 0.05) is 17.7 Å². The summed E-state index contributed by atoms with van der Waals surface area (Å²) in [6, 6.07) is 0. The Bertz CT molecular complexity index is 391. The van der Waals surface area contributed by atoms with Crippen LogP contribution < -0.4 is 0 Å². The van der Waals surface area contributed by atoms with Crippen molar-refractivity contribution in [1.29, 1.82) is 0 Å². The van der Waals surface area contributed by atoms with Crippen LogP contribution >= 0.6 is 0 Å². The highest BCUT2D eigenvalue weighted by molar-refractivity contribution is 5.25. The van der Waals surface area contributed by atoms with E-state index in [-0.39, 0.29) is 5.41 Å². The lowest BCUT2D eigenvalue weighted by molar-refractivity contribution is 0.362. The molecule has 15 heavy (non-hydrogen) atoms. The molecule has 2 heteroatoms. The van der Waals surface area contributed by atoms with Crippen molar-refractivity contribution in [3.05, 3.63) is 17.7 Å². The standard InChI is InChI=1S/C13H20N2/c1-12(2,3)11-10-8-13(4-5-13)6-7-15(10)9-14-11/h9H,4-8H2,1-3H3. The molecule has 1 aliphatic carbocycles. The van der Waals surface area contributed by atoms with E-state index < -0.39 is 0 Å². The molecule has 0 aromatic carbocycles. The number of nitrogens with zero attached hydrogens (tertiary/aromatic N) is 2. The normalized spacial score (nSPS) is 22.9. The third-order valence-electron chi connectivity index (χ3n) is 4.04. The van der Waals surface area contributed by atoms with Crippen molar-refractivity contribution in [2.75, 3.05) is 0 Å². The zero-order valence-corrected chi connectivity index (χ0v) is 10.0. The smallest absolute Gasteiger partial charge is 0.0951 e. The van der Waals surface area contributed by atoms with Gasteiger partial charge in [0.25, 0.3) is 0 Å². The molecule has 82 valence electrons. The van der Waals surface area contributed by atoms with Gasteiger partial charge in [0.15, 0.2) is 0 Å². The van der Waals surface area contributed by atoms with Crippen LogP contribution in [0.5, 0.6) is 0 Å². The average Bonchev–Trinajstić information content (AvgIpc) is 2.75. The Morgan fingerprint density at radius 1 is 1.27 bits per heavy atom. The lowest BCUT2D eigenvalue weighted by Gasteiger charge is -2.27. The van der Waals surface area contributed by atoms with Gasteiger partial charge in [-0.15, -0.1) is 0 Å². The van der Waals surface area contributed by atoms with Gasteiger partial charge in [0.05, 0.1) is 12.0 Å². The summed E-state index contributed by atoms with van der Waals surface area (Å²) >= 11 is 0. The van der Waals surface area contributed by atoms with Gasteiger partial charge in [-0.2, -0.15) is 0 Å². The van der Waals surface area contributed by atoms with Gasteiger partial charge < -0.3 is 4.57 Å². The second-order valence-electron chi connectivity index (χ2n) is 6.41. The molecule has 1 aromatic heterocycles. The first-order valence-electron chi connectivity index (χ1n) is 6.05. The minimum Gasteiger partial charge on any atom is -0.334 e. The molecule has 0 radical (unpaired) electrons. The highest BCUT2D eigenvalue weighted by atomic mass is 15.1. The van der Waals surface area contributed by atoms with E-state index in [0.717, 1.165) is 0 Å². The first-order chi connectivity index (χ1) is 7.00. The molecule has 2 aliphatic rings. The summed E-state index contributed by atoms with van der Waals surface area (Å²) in [5.41, 5.74) is 3.74. The van der Waals surface area contributed by atoms with Crippen LogP contribution in [0.3, 0.4) is 0 Å². The highest BCUT2D eigenvalue weighted by Crippen LogP contribution is 2.54. The maximum absolute atomic E-state index is 4.63. The van der Waals surface area contributed by atoms with Gasteiger partial charge in [-0.25, -0.2) is 4.98 Å². The molecule has 1 saturated carbocycles. The van der Waals surface area contributed by atoms with E-state index in [1.807, 2.05) is 6.33 Å². The molecule has 0 saturated heterocycles. The van der Waals surface area contributed by atoms with Crippen LogP contribution in [0.2, 0.25) is 0 Å². The second kappa shape index (κ2) is 2.66. The second-order valence-corrected chi connectivity index (χ2v) is 6.41. The minimum absolute atomic E-state index is 0.202. The summed E-state index contributed by atoms with van der Waals surface area (Å²) < 4.78 is 2.38. The van der Waals surface area contributed by atoms with E-state index >= 15 is 0 Å². The fourth-order valence-electron chi connectivity index (χ4n) is 2.82. The Morgan fingerprint density at radius 3 is 2.60 bits per heavy atom.